The van der Waals surface area contributed by atoms with Gasteiger partial charge in [0.1, 0.15) is 5.76 Å². The number of H-pyrrole nitrogens is 1. The maximum atomic E-state index is 11.6. The van der Waals surface area contributed by atoms with Gasteiger partial charge in [0.2, 0.25) is 0 Å². The Labute approximate surface area is 86.5 Å². The van der Waals surface area contributed by atoms with E-state index in [-0.39, 0.29) is 5.91 Å². The fourth-order valence-electron chi connectivity index (χ4n) is 1.27. The minimum Gasteiger partial charge on any atom is -0.469 e. The molecule has 5 heteroatoms. The zero-order chi connectivity index (χ0) is 10.7. The van der Waals surface area contributed by atoms with E-state index >= 15 is 0 Å². The molecule has 0 fully saturated rings. The number of nitrogens with one attached hydrogen (secondary N) is 2. The van der Waals surface area contributed by atoms with Crippen LogP contribution >= 0.6 is 0 Å². The third-order valence-electron chi connectivity index (χ3n) is 2.10. The van der Waals surface area contributed by atoms with Crippen LogP contribution in [0.1, 0.15) is 21.8 Å². The van der Waals surface area contributed by atoms with Crippen LogP contribution < -0.4 is 5.32 Å². The predicted octanol–water partition coefficient (Wildman–Crippen LogP) is 1.24. The van der Waals surface area contributed by atoms with Crippen LogP contribution in [0.3, 0.4) is 0 Å². The fourth-order valence-corrected chi connectivity index (χ4v) is 1.27. The molecule has 78 valence electrons. The lowest BCUT2D eigenvalue weighted by molar-refractivity contribution is 0.0949. The van der Waals surface area contributed by atoms with E-state index in [1.54, 1.807) is 25.5 Å². The lowest BCUT2D eigenvalue weighted by atomic mass is 10.2. The van der Waals surface area contributed by atoms with Crippen molar-refractivity contribution in [2.45, 2.75) is 13.5 Å². The maximum absolute atomic E-state index is 11.6. The van der Waals surface area contributed by atoms with Crippen LogP contribution in [-0.4, -0.2) is 15.9 Å². The Kier molecular flexibility index (Phi) is 2.53. The quantitative estimate of drug-likeness (QED) is 0.791. The van der Waals surface area contributed by atoms with Crippen LogP contribution in [0.2, 0.25) is 0 Å². The van der Waals surface area contributed by atoms with Gasteiger partial charge in [-0.2, -0.15) is 0 Å². The number of furan rings is 1. The van der Waals surface area contributed by atoms with Crippen LogP contribution in [0.15, 0.2) is 29.3 Å². The number of nitrogens with zero attached hydrogens (tertiary/aromatic N) is 1. The van der Waals surface area contributed by atoms with Crippen molar-refractivity contribution >= 4 is 5.91 Å². The molecule has 0 bridgehead atoms. The summed E-state index contributed by atoms with van der Waals surface area (Å²) in [4.78, 5) is 18.4. The highest BCUT2D eigenvalue weighted by atomic mass is 16.3. The second kappa shape index (κ2) is 4.00. The summed E-state index contributed by atoms with van der Waals surface area (Å²) in [5.41, 5.74) is 1.43. The topological polar surface area (TPSA) is 70.9 Å². The highest BCUT2D eigenvalue weighted by molar-refractivity contribution is 5.94. The van der Waals surface area contributed by atoms with Crippen molar-refractivity contribution in [1.29, 1.82) is 0 Å². The molecule has 0 unspecified atom stereocenters. The molecule has 2 N–H and O–H groups in total. The molecule has 2 heterocycles. The summed E-state index contributed by atoms with van der Waals surface area (Å²) in [6.45, 7) is 2.19. The fraction of sp³-hybridized carbons (Fsp3) is 0.200. The summed E-state index contributed by atoms with van der Waals surface area (Å²) >= 11 is 0. The highest BCUT2D eigenvalue weighted by Gasteiger charge is 2.10. The third kappa shape index (κ3) is 2.07. The van der Waals surface area contributed by atoms with Gasteiger partial charge in [0.05, 0.1) is 30.4 Å². The molecule has 0 saturated heterocycles. The molecule has 0 saturated carbocycles. The van der Waals surface area contributed by atoms with Crippen LogP contribution in [-0.2, 0) is 6.54 Å². The van der Waals surface area contributed by atoms with Crippen LogP contribution in [0, 0.1) is 6.92 Å². The number of imidazole rings is 1. The van der Waals surface area contributed by atoms with Gasteiger partial charge in [-0.1, -0.05) is 0 Å². The molecule has 0 spiro atoms. The second-order valence-electron chi connectivity index (χ2n) is 3.15. The summed E-state index contributed by atoms with van der Waals surface area (Å²) in [6, 6.07) is 1.65. The molecular weight excluding hydrogens is 194 g/mol. The standard InChI is InChI=1S/C10H11N3O2/c1-7-9(2-3-15-7)10(14)12-5-8-4-11-6-13-8/h2-4,6H,5H2,1H3,(H,11,13)(H,12,14). The van der Waals surface area contributed by atoms with Crippen molar-refractivity contribution in [2.24, 2.45) is 0 Å². The Balaban J connectivity index is 1.96. The monoisotopic (exact) mass is 205 g/mol. The summed E-state index contributed by atoms with van der Waals surface area (Å²) in [5, 5.41) is 2.76. The molecule has 0 aromatic carbocycles. The van der Waals surface area contributed by atoms with Gasteiger partial charge < -0.3 is 14.7 Å². The predicted molar refractivity (Wildman–Crippen MR) is 53.2 cm³/mol. The SMILES string of the molecule is Cc1occc1C(=O)NCc1cnc[nH]1. The van der Waals surface area contributed by atoms with Crippen LogP contribution in [0.25, 0.3) is 0 Å². The zero-order valence-electron chi connectivity index (χ0n) is 8.28. The zero-order valence-corrected chi connectivity index (χ0v) is 8.28. The number of aromatic amines is 1. The Morgan fingerprint density at radius 3 is 3.13 bits per heavy atom. The van der Waals surface area contributed by atoms with Gasteiger partial charge in [-0.15, -0.1) is 0 Å². The summed E-state index contributed by atoms with van der Waals surface area (Å²) in [6.07, 6.45) is 4.74. The average molecular weight is 205 g/mol. The first-order chi connectivity index (χ1) is 7.27. The second-order valence-corrected chi connectivity index (χ2v) is 3.15. The van der Waals surface area contributed by atoms with E-state index in [1.165, 1.54) is 6.26 Å². The van der Waals surface area contributed by atoms with Crippen LogP contribution in [0.5, 0.6) is 0 Å². The van der Waals surface area contributed by atoms with Crippen molar-refractivity contribution in [1.82, 2.24) is 15.3 Å². The van der Waals surface area contributed by atoms with Crippen LogP contribution in [0.4, 0.5) is 0 Å². The number of rotatable bonds is 3. The Bertz CT molecular complexity index is 445. The first-order valence-electron chi connectivity index (χ1n) is 4.57. The lowest BCUT2D eigenvalue weighted by Gasteiger charge is -2.01. The molecular formula is C10H11N3O2. The Hall–Kier alpha value is -2.04. The van der Waals surface area contributed by atoms with Crippen molar-refractivity contribution in [2.75, 3.05) is 0 Å². The molecule has 2 rings (SSSR count). The van der Waals surface area contributed by atoms with Gasteiger partial charge in [-0.25, -0.2) is 4.98 Å². The number of aryl methyl sites for hydroxylation is 1. The van der Waals surface area contributed by atoms with Gasteiger partial charge in [-0.3, -0.25) is 4.79 Å². The first kappa shape index (κ1) is 9.51. The van der Waals surface area contributed by atoms with E-state index in [0.717, 1.165) is 5.69 Å². The number of amides is 1. The van der Waals surface area contributed by atoms with E-state index in [4.69, 9.17) is 4.42 Å². The highest BCUT2D eigenvalue weighted by Crippen LogP contribution is 2.08. The van der Waals surface area contributed by atoms with Crippen molar-refractivity contribution in [3.8, 4) is 0 Å². The molecule has 2 aromatic rings. The van der Waals surface area contributed by atoms with E-state index in [9.17, 15) is 4.79 Å². The number of aromatic nitrogens is 2. The van der Waals surface area contributed by atoms with Gasteiger partial charge in [0, 0.05) is 6.20 Å². The minimum atomic E-state index is -0.143. The normalized spacial score (nSPS) is 10.2. The number of carbonyl (C=O) groups is 1. The minimum absolute atomic E-state index is 0.143. The molecule has 0 aliphatic carbocycles. The molecule has 0 radical (unpaired) electrons. The van der Waals surface area contributed by atoms with Gasteiger partial charge in [-0.05, 0) is 13.0 Å². The van der Waals surface area contributed by atoms with E-state index in [2.05, 4.69) is 15.3 Å². The smallest absolute Gasteiger partial charge is 0.255 e. The molecule has 1 amide bonds. The maximum Gasteiger partial charge on any atom is 0.255 e. The summed E-state index contributed by atoms with van der Waals surface area (Å²) in [7, 11) is 0. The van der Waals surface area contributed by atoms with Crippen molar-refractivity contribution in [3.63, 3.8) is 0 Å². The lowest BCUT2D eigenvalue weighted by Crippen LogP contribution is -2.23. The number of hydrogen-bond acceptors (Lipinski definition) is 3. The van der Waals surface area contributed by atoms with Gasteiger partial charge in [0.15, 0.2) is 0 Å². The van der Waals surface area contributed by atoms with Crippen molar-refractivity contribution < 1.29 is 9.21 Å². The summed E-state index contributed by atoms with van der Waals surface area (Å²) in [5.74, 6) is 0.480. The molecule has 5 nitrogen and oxygen atoms in total. The number of hydrogen-bond donors (Lipinski definition) is 2. The number of carbonyl (C=O) groups excluding carboxylic acids is 1. The molecule has 0 aliphatic rings. The third-order valence-corrected chi connectivity index (χ3v) is 2.10. The van der Waals surface area contributed by atoms with E-state index < -0.39 is 0 Å². The van der Waals surface area contributed by atoms with Gasteiger partial charge in [0.25, 0.3) is 5.91 Å². The Morgan fingerprint density at radius 1 is 1.67 bits per heavy atom. The average Bonchev–Trinajstić information content (AvgIpc) is 2.84. The van der Waals surface area contributed by atoms with E-state index in [0.29, 0.717) is 17.9 Å². The largest absolute Gasteiger partial charge is 0.469 e. The molecule has 15 heavy (non-hydrogen) atoms. The van der Waals surface area contributed by atoms with Crippen molar-refractivity contribution in [3.05, 3.63) is 41.9 Å². The molecule has 0 aliphatic heterocycles. The summed E-state index contributed by atoms with van der Waals surface area (Å²) < 4.78 is 5.04. The van der Waals surface area contributed by atoms with E-state index in [1.807, 2.05) is 0 Å². The first-order valence-corrected chi connectivity index (χ1v) is 4.57. The van der Waals surface area contributed by atoms with Gasteiger partial charge >= 0.3 is 0 Å². The Morgan fingerprint density at radius 2 is 2.53 bits per heavy atom. The molecule has 0 atom stereocenters. The molecule has 2 aromatic heterocycles.